The molecule has 0 radical (unpaired) electrons. The van der Waals surface area contributed by atoms with Crippen LogP contribution in [-0.4, -0.2) is 21.4 Å². The molecule has 0 saturated heterocycles. The first-order valence-corrected chi connectivity index (χ1v) is 5.92. The largest absolute Gasteiger partial charge is 0.393 e. The van der Waals surface area contributed by atoms with Crippen LogP contribution in [0.2, 0.25) is 0 Å². The first-order chi connectivity index (χ1) is 7.41. The standard InChI is InChI=1S/C12H22N2O2/c1-7(2)6-10-13-12(16-14-10)11(8(3)4)9(5)15/h7-9,11,15H,6H2,1-5H3. The van der Waals surface area contributed by atoms with Gasteiger partial charge in [-0.2, -0.15) is 4.98 Å². The zero-order chi connectivity index (χ0) is 12.3. The van der Waals surface area contributed by atoms with Gasteiger partial charge >= 0.3 is 0 Å². The van der Waals surface area contributed by atoms with Crippen molar-refractivity contribution in [1.29, 1.82) is 0 Å². The third-order valence-corrected chi connectivity index (χ3v) is 2.60. The van der Waals surface area contributed by atoms with Gasteiger partial charge in [0.1, 0.15) is 0 Å². The zero-order valence-corrected chi connectivity index (χ0v) is 10.8. The number of hydrogen-bond donors (Lipinski definition) is 1. The fraction of sp³-hybridized carbons (Fsp3) is 0.833. The van der Waals surface area contributed by atoms with Crippen molar-refractivity contribution in [3.63, 3.8) is 0 Å². The summed E-state index contributed by atoms with van der Waals surface area (Å²) < 4.78 is 5.23. The van der Waals surface area contributed by atoms with Crippen LogP contribution in [0.25, 0.3) is 0 Å². The van der Waals surface area contributed by atoms with E-state index in [9.17, 15) is 5.11 Å². The van der Waals surface area contributed by atoms with E-state index in [1.54, 1.807) is 6.92 Å². The Morgan fingerprint density at radius 3 is 2.25 bits per heavy atom. The van der Waals surface area contributed by atoms with Crippen LogP contribution in [0.5, 0.6) is 0 Å². The van der Waals surface area contributed by atoms with Crippen molar-refractivity contribution in [3.05, 3.63) is 11.7 Å². The van der Waals surface area contributed by atoms with E-state index in [0.29, 0.717) is 11.8 Å². The van der Waals surface area contributed by atoms with Crippen molar-refractivity contribution in [3.8, 4) is 0 Å². The van der Waals surface area contributed by atoms with Crippen LogP contribution in [0.1, 0.15) is 52.3 Å². The van der Waals surface area contributed by atoms with E-state index in [0.717, 1.165) is 12.2 Å². The lowest BCUT2D eigenvalue weighted by Crippen LogP contribution is -2.20. The Kier molecular flexibility index (Phi) is 4.47. The number of nitrogens with zero attached hydrogens (tertiary/aromatic N) is 2. The molecule has 0 saturated carbocycles. The van der Waals surface area contributed by atoms with Crippen molar-refractivity contribution >= 4 is 0 Å². The molecule has 92 valence electrons. The molecule has 0 fully saturated rings. The van der Waals surface area contributed by atoms with E-state index < -0.39 is 6.10 Å². The second-order valence-electron chi connectivity index (χ2n) is 5.16. The summed E-state index contributed by atoms with van der Waals surface area (Å²) in [5.74, 6) is 2.01. The average Bonchev–Trinajstić information content (AvgIpc) is 2.50. The topological polar surface area (TPSA) is 59.2 Å². The Balaban J connectivity index is 2.82. The number of hydrogen-bond acceptors (Lipinski definition) is 4. The molecule has 16 heavy (non-hydrogen) atoms. The Labute approximate surface area is 97.1 Å². The first kappa shape index (κ1) is 13.2. The minimum absolute atomic E-state index is 0.0755. The van der Waals surface area contributed by atoms with Gasteiger partial charge in [-0.15, -0.1) is 0 Å². The maximum absolute atomic E-state index is 9.70. The summed E-state index contributed by atoms with van der Waals surface area (Å²) in [7, 11) is 0. The van der Waals surface area contributed by atoms with Crippen LogP contribution in [0.15, 0.2) is 4.52 Å². The minimum Gasteiger partial charge on any atom is -0.393 e. The molecule has 1 rings (SSSR count). The van der Waals surface area contributed by atoms with Gasteiger partial charge in [-0.1, -0.05) is 32.9 Å². The van der Waals surface area contributed by atoms with E-state index in [4.69, 9.17) is 4.52 Å². The quantitative estimate of drug-likeness (QED) is 0.837. The monoisotopic (exact) mass is 226 g/mol. The summed E-state index contributed by atoms with van der Waals surface area (Å²) >= 11 is 0. The normalized spacial score (nSPS) is 15.8. The molecule has 0 aliphatic heterocycles. The Morgan fingerprint density at radius 1 is 1.19 bits per heavy atom. The predicted octanol–water partition coefficient (Wildman–Crippen LogP) is 2.39. The average molecular weight is 226 g/mol. The van der Waals surface area contributed by atoms with Crippen molar-refractivity contribution in [1.82, 2.24) is 10.1 Å². The number of aliphatic hydroxyl groups excluding tert-OH is 1. The van der Waals surface area contributed by atoms with Crippen LogP contribution < -0.4 is 0 Å². The lowest BCUT2D eigenvalue weighted by Gasteiger charge is -2.19. The molecule has 2 atom stereocenters. The Morgan fingerprint density at radius 2 is 1.81 bits per heavy atom. The maximum atomic E-state index is 9.70. The molecule has 0 amide bonds. The predicted molar refractivity (Wildman–Crippen MR) is 62.1 cm³/mol. The molecule has 0 aromatic carbocycles. The second-order valence-corrected chi connectivity index (χ2v) is 5.16. The first-order valence-electron chi connectivity index (χ1n) is 5.92. The van der Waals surface area contributed by atoms with Gasteiger partial charge in [-0.25, -0.2) is 0 Å². The molecular weight excluding hydrogens is 204 g/mol. The molecule has 0 bridgehead atoms. The fourth-order valence-corrected chi connectivity index (χ4v) is 1.90. The van der Waals surface area contributed by atoms with E-state index in [2.05, 4.69) is 24.0 Å². The molecule has 0 spiro atoms. The van der Waals surface area contributed by atoms with Crippen molar-refractivity contribution in [2.45, 2.75) is 53.1 Å². The van der Waals surface area contributed by atoms with Crippen LogP contribution >= 0.6 is 0 Å². The van der Waals surface area contributed by atoms with Gasteiger partial charge in [0.2, 0.25) is 5.89 Å². The highest BCUT2D eigenvalue weighted by Crippen LogP contribution is 2.26. The minimum atomic E-state index is -0.465. The fourth-order valence-electron chi connectivity index (χ4n) is 1.90. The summed E-state index contributed by atoms with van der Waals surface area (Å²) in [6.07, 6.45) is 0.348. The van der Waals surface area contributed by atoms with Gasteiger partial charge in [-0.3, -0.25) is 0 Å². The molecule has 0 aliphatic carbocycles. The van der Waals surface area contributed by atoms with E-state index >= 15 is 0 Å². The highest BCUT2D eigenvalue weighted by molar-refractivity contribution is 4.98. The van der Waals surface area contributed by atoms with E-state index in [1.165, 1.54) is 0 Å². The molecule has 1 aromatic rings. The third kappa shape index (κ3) is 3.30. The van der Waals surface area contributed by atoms with Crippen LogP contribution in [-0.2, 0) is 6.42 Å². The van der Waals surface area contributed by atoms with Gasteiger partial charge in [-0.05, 0) is 18.8 Å². The molecule has 4 nitrogen and oxygen atoms in total. The van der Waals surface area contributed by atoms with Crippen molar-refractivity contribution in [2.24, 2.45) is 11.8 Å². The van der Waals surface area contributed by atoms with Crippen molar-refractivity contribution < 1.29 is 9.63 Å². The number of aromatic nitrogens is 2. The summed E-state index contributed by atoms with van der Waals surface area (Å²) in [5, 5.41) is 13.6. The highest BCUT2D eigenvalue weighted by Gasteiger charge is 2.27. The van der Waals surface area contributed by atoms with Gasteiger partial charge < -0.3 is 9.63 Å². The number of aliphatic hydroxyl groups is 1. The highest BCUT2D eigenvalue weighted by atomic mass is 16.5. The van der Waals surface area contributed by atoms with Crippen LogP contribution in [0.3, 0.4) is 0 Å². The Bertz CT molecular complexity index is 311. The van der Waals surface area contributed by atoms with Gasteiger partial charge in [0.15, 0.2) is 5.82 Å². The second kappa shape index (κ2) is 5.43. The summed E-state index contributed by atoms with van der Waals surface area (Å²) in [4.78, 5) is 4.36. The smallest absolute Gasteiger partial charge is 0.232 e. The molecule has 1 heterocycles. The summed E-state index contributed by atoms with van der Waals surface area (Å²) in [6.45, 7) is 10.1. The van der Waals surface area contributed by atoms with Gasteiger partial charge in [0.05, 0.1) is 12.0 Å². The molecular formula is C12H22N2O2. The van der Waals surface area contributed by atoms with Crippen LogP contribution in [0, 0.1) is 11.8 Å². The van der Waals surface area contributed by atoms with E-state index in [1.807, 2.05) is 13.8 Å². The van der Waals surface area contributed by atoms with Crippen LogP contribution in [0.4, 0.5) is 0 Å². The Hall–Kier alpha value is -0.900. The SMILES string of the molecule is CC(C)Cc1noc(C(C(C)C)C(C)O)n1. The lowest BCUT2D eigenvalue weighted by molar-refractivity contribution is 0.120. The number of rotatable bonds is 5. The molecule has 4 heteroatoms. The summed E-state index contributed by atoms with van der Waals surface area (Å²) in [5.41, 5.74) is 0. The van der Waals surface area contributed by atoms with Crippen molar-refractivity contribution in [2.75, 3.05) is 0 Å². The zero-order valence-electron chi connectivity index (χ0n) is 10.8. The third-order valence-electron chi connectivity index (χ3n) is 2.60. The molecule has 1 aromatic heterocycles. The molecule has 2 unspecified atom stereocenters. The van der Waals surface area contributed by atoms with Gasteiger partial charge in [0, 0.05) is 6.42 Å². The van der Waals surface area contributed by atoms with E-state index in [-0.39, 0.29) is 11.8 Å². The molecule has 0 aliphatic rings. The molecule has 1 N–H and O–H groups in total. The lowest BCUT2D eigenvalue weighted by atomic mass is 9.91. The maximum Gasteiger partial charge on any atom is 0.232 e. The summed E-state index contributed by atoms with van der Waals surface area (Å²) in [6, 6.07) is 0. The van der Waals surface area contributed by atoms with Gasteiger partial charge in [0.25, 0.3) is 0 Å².